The van der Waals surface area contributed by atoms with Gasteiger partial charge in [-0.2, -0.15) is 0 Å². The zero-order valence-electron chi connectivity index (χ0n) is 18.4. The predicted octanol–water partition coefficient (Wildman–Crippen LogP) is 1.94. The number of ether oxygens (including phenoxy) is 1. The first kappa shape index (κ1) is 23.2. The summed E-state index contributed by atoms with van der Waals surface area (Å²) < 4.78 is 5.43. The zero-order valence-corrected chi connectivity index (χ0v) is 18.4. The molecule has 7 heteroatoms. The molecule has 0 aliphatic carbocycles. The molecule has 0 aromatic heterocycles. The van der Waals surface area contributed by atoms with Gasteiger partial charge in [-0.15, -0.1) is 0 Å². The Balaban J connectivity index is 1.90. The van der Waals surface area contributed by atoms with E-state index in [1.807, 2.05) is 43.0 Å². The fourth-order valence-electron chi connectivity index (χ4n) is 3.35. The molecule has 1 aliphatic heterocycles. The Morgan fingerprint density at radius 3 is 2.38 bits per heavy atom. The number of carbonyl (C=O) groups excluding carboxylic acids is 1. The Morgan fingerprint density at radius 2 is 1.79 bits per heavy atom. The molecule has 1 amide bonds. The van der Waals surface area contributed by atoms with Gasteiger partial charge in [-0.25, -0.2) is 4.99 Å². The number of hydrogen-bond acceptors (Lipinski definition) is 4. The molecule has 29 heavy (non-hydrogen) atoms. The van der Waals surface area contributed by atoms with E-state index in [1.54, 1.807) is 0 Å². The van der Waals surface area contributed by atoms with Gasteiger partial charge in [0.05, 0.1) is 19.8 Å². The van der Waals surface area contributed by atoms with Crippen LogP contribution in [0, 0.1) is 0 Å². The second-order valence-corrected chi connectivity index (χ2v) is 7.25. The molecule has 1 unspecified atom stereocenters. The molecule has 0 bridgehead atoms. The van der Waals surface area contributed by atoms with Crippen molar-refractivity contribution >= 4 is 11.9 Å². The molecule has 1 atom stereocenters. The van der Waals surface area contributed by atoms with Crippen LogP contribution in [0.4, 0.5) is 0 Å². The molecule has 2 rings (SSSR count). The van der Waals surface area contributed by atoms with E-state index < -0.39 is 0 Å². The number of morpholine rings is 1. The highest BCUT2D eigenvalue weighted by Crippen LogP contribution is 2.09. The van der Waals surface area contributed by atoms with Crippen molar-refractivity contribution in [1.82, 2.24) is 20.4 Å². The molecule has 0 saturated carbocycles. The first-order valence-electron chi connectivity index (χ1n) is 10.8. The van der Waals surface area contributed by atoms with Gasteiger partial charge in [0.2, 0.25) is 0 Å². The highest BCUT2D eigenvalue weighted by Gasteiger charge is 2.17. The van der Waals surface area contributed by atoms with Gasteiger partial charge in [0.1, 0.15) is 0 Å². The summed E-state index contributed by atoms with van der Waals surface area (Å²) in [6, 6.07) is 8.19. The maximum Gasteiger partial charge on any atom is 0.253 e. The third-order valence-electron chi connectivity index (χ3n) is 5.25. The van der Waals surface area contributed by atoms with Crippen molar-refractivity contribution in [2.75, 3.05) is 52.5 Å². The van der Waals surface area contributed by atoms with Crippen LogP contribution >= 0.6 is 0 Å². The zero-order chi connectivity index (χ0) is 21.1. The minimum atomic E-state index is 0.0807. The topological polar surface area (TPSA) is 69.2 Å². The van der Waals surface area contributed by atoms with Crippen LogP contribution < -0.4 is 10.6 Å². The molecular weight excluding hydrogens is 366 g/mol. The van der Waals surface area contributed by atoms with Crippen LogP contribution in [0.3, 0.4) is 0 Å². The number of amides is 1. The maximum absolute atomic E-state index is 12.4. The number of guanidine groups is 1. The van der Waals surface area contributed by atoms with E-state index >= 15 is 0 Å². The summed E-state index contributed by atoms with van der Waals surface area (Å²) in [5.41, 5.74) is 1.81. The van der Waals surface area contributed by atoms with Crippen LogP contribution in [0.5, 0.6) is 0 Å². The SMILES string of the molecule is CCNC(=NCc1ccc(C(=O)N(CC)CC)cc1)NCC(C)N1CCOCC1. The summed E-state index contributed by atoms with van der Waals surface area (Å²) in [5, 5.41) is 6.75. The molecule has 0 spiro atoms. The molecule has 1 saturated heterocycles. The van der Waals surface area contributed by atoms with E-state index in [0.717, 1.165) is 69.6 Å². The van der Waals surface area contributed by atoms with Crippen LogP contribution in [0.2, 0.25) is 0 Å². The van der Waals surface area contributed by atoms with Gasteiger partial charge in [0.25, 0.3) is 5.91 Å². The summed E-state index contributed by atoms with van der Waals surface area (Å²) in [6.45, 7) is 15.5. The Kier molecular flexibility index (Phi) is 9.94. The van der Waals surface area contributed by atoms with Gasteiger partial charge in [0, 0.05) is 50.9 Å². The van der Waals surface area contributed by atoms with Crippen LogP contribution in [-0.2, 0) is 11.3 Å². The Bertz CT molecular complexity index is 637. The highest BCUT2D eigenvalue weighted by atomic mass is 16.5. The number of nitrogens with zero attached hydrogens (tertiary/aromatic N) is 3. The summed E-state index contributed by atoms with van der Waals surface area (Å²) in [7, 11) is 0. The molecule has 1 fully saturated rings. The second kappa shape index (κ2) is 12.4. The molecule has 1 heterocycles. The number of benzene rings is 1. The number of rotatable bonds is 9. The maximum atomic E-state index is 12.4. The van der Waals surface area contributed by atoms with Gasteiger partial charge in [-0.1, -0.05) is 12.1 Å². The summed E-state index contributed by atoms with van der Waals surface area (Å²) in [6.07, 6.45) is 0. The van der Waals surface area contributed by atoms with Crippen molar-refractivity contribution in [3.8, 4) is 0 Å². The molecule has 7 nitrogen and oxygen atoms in total. The van der Waals surface area contributed by atoms with Crippen LogP contribution in [0.25, 0.3) is 0 Å². The fraction of sp³-hybridized carbons (Fsp3) is 0.636. The lowest BCUT2D eigenvalue weighted by Gasteiger charge is -2.32. The molecule has 0 radical (unpaired) electrons. The van der Waals surface area contributed by atoms with Crippen LogP contribution in [0.1, 0.15) is 43.6 Å². The van der Waals surface area contributed by atoms with E-state index in [2.05, 4.69) is 29.4 Å². The Morgan fingerprint density at radius 1 is 1.14 bits per heavy atom. The second-order valence-electron chi connectivity index (χ2n) is 7.25. The van der Waals surface area contributed by atoms with E-state index in [0.29, 0.717) is 12.6 Å². The van der Waals surface area contributed by atoms with Crippen LogP contribution in [0.15, 0.2) is 29.3 Å². The van der Waals surface area contributed by atoms with Crippen molar-refractivity contribution in [3.63, 3.8) is 0 Å². The van der Waals surface area contributed by atoms with Gasteiger partial charge in [-0.05, 0) is 45.4 Å². The van der Waals surface area contributed by atoms with Crippen molar-refractivity contribution in [2.45, 2.75) is 40.3 Å². The average Bonchev–Trinajstić information content (AvgIpc) is 2.77. The fourth-order valence-corrected chi connectivity index (χ4v) is 3.35. The van der Waals surface area contributed by atoms with Crippen molar-refractivity contribution in [3.05, 3.63) is 35.4 Å². The summed E-state index contributed by atoms with van der Waals surface area (Å²) in [4.78, 5) is 21.4. The monoisotopic (exact) mass is 403 g/mol. The van der Waals surface area contributed by atoms with E-state index in [9.17, 15) is 4.79 Å². The third kappa shape index (κ3) is 7.33. The van der Waals surface area contributed by atoms with Crippen LogP contribution in [-0.4, -0.2) is 80.2 Å². The van der Waals surface area contributed by atoms with Gasteiger partial charge >= 0.3 is 0 Å². The largest absolute Gasteiger partial charge is 0.379 e. The lowest BCUT2D eigenvalue weighted by Crippen LogP contribution is -2.49. The Hall–Kier alpha value is -2.12. The minimum absolute atomic E-state index is 0.0807. The molecule has 1 aliphatic rings. The van der Waals surface area contributed by atoms with Gasteiger partial charge in [0.15, 0.2) is 5.96 Å². The third-order valence-corrected chi connectivity index (χ3v) is 5.25. The molecular formula is C22H37N5O2. The lowest BCUT2D eigenvalue weighted by molar-refractivity contribution is 0.0211. The number of nitrogens with one attached hydrogen (secondary N) is 2. The van der Waals surface area contributed by atoms with E-state index in [4.69, 9.17) is 9.73 Å². The summed E-state index contributed by atoms with van der Waals surface area (Å²) >= 11 is 0. The first-order chi connectivity index (χ1) is 14.1. The predicted molar refractivity (Wildman–Crippen MR) is 118 cm³/mol. The van der Waals surface area contributed by atoms with Gasteiger partial charge < -0.3 is 20.3 Å². The Labute approximate surface area is 175 Å². The number of hydrogen-bond donors (Lipinski definition) is 2. The van der Waals surface area contributed by atoms with Crippen molar-refractivity contribution in [2.24, 2.45) is 4.99 Å². The number of aliphatic imine (C=N–C) groups is 1. The van der Waals surface area contributed by atoms with E-state index in [1.165, 1.54) is 0 Å². The smallest absolute Gasteiger partial charge is 0.253 e. The quantitative estimate of drug-likeness (QED) is 0.487. The van der Waals surface area contributed by atoms with E-state index in [-0.39, 0.29) is 5.91 Å². The average molecular weight is 404 g/mol. The minimum Gasteiger partial charge on any atom is -0.379 e. The lowest BCUT2D eigenvalue weighted by atomic mass is 10.1. The first-order valence-corrected chi connectivity index (χ1v) is 10.8. The normalized spacial score (nSPS) is 16.3. The number of carbonyl (C=O) groups is 1. The summed E-state index contributed by atoms with van der Waals surface area (Å²) in [5.74, 6) is 0.896. The standard InChI is InChI=1S/C22H37N5O2/c1-5-23-22(24-16-18(4)27-12-14-29-15-13-27)25-17-19-8-10-20(11-9-19)21(28)26(6-2)7-3/h8-11,18H,5-7,12-17H2,1-4H3,(H2,23,24,25). The molecule has 162 valence electrons. The van der Waals surface area contributed by atoms with Crippen molar-refractivity contribution < 1.29 is 9.53 Å². The highest BCUT2D eigenvalue weighted by molar-refractivity contribution is 5.94. The molecule has 1 aromatic carbocycles. The van der Waals surface area contributed by atoms with Gasteiger partial charge in [-0.3, -0.25) is 9.69 Å². The molecule has 2 N–H and O–H groups in total. The molecule has 1 aromatic rings. The van der Waals surface area contributed by atoms with Crippen molar-refractivity contribution in [1.29, 1.82) is 0 Å².